The highest BCUT2D eigenvalue weighted by molar-refractivity contribution is 5.87. The van der Waals surface area contributed by atoms with E-state index in [9.17, 15) is 4.79 Å². The summed E-state index contributed by atoms with van der Waals surface area (Å²) in [4.78, 5) is 11.0. The summed E-state index contributed by atoms with van der Waals surface area (Å²) in [6, 6.07) is 0.332. The first-order chi connectivity index (χ1) is 5.33. The van der Waals surface area contributed by atoms with E-state index in [1.807, 2.05) is 6.92 Å². The Bertz CT molecular complexity index is 159. The lowest BCUT2D eigenvalue weighted by atomic mass is 10.2. The van der Waals surface area contributed by atoms with E-state index in [0.717, 1.165) is 19.5 Å². The van der Waals surface area contributed by atoms with Crippen LogP contribution in [0.15, 0.2) is 12.2 Å². The van der Waals surface area contributed by atoms with E-state index < -0.39 is 0 Å². The molecule has 0 aromatic rings. The van der Waals surface area contributed by atoms with Crippen LogP contribution in [0, 0.1) is 0 Å². The van der Waals surface area contributed by atoms with Gasteiger partial charge in [-0.25, -0.2) is 0 Å². The maximum atomic E-state index is 11.0. The normalized spacial score (nSPS) is 24.3. The zero-order chi connectivity index (χ0) is 8.10. The quantitative estimate of drug-likeness (QED) is 0.551. The second-order valence-electron chi connectivity index (χ2n) is 2.70. The van der Waals surface area contributed by atoms with Crippen molar-refractivity contribution in [2.24, 2.45) is 0 Å². The molecule has 1 aliphatic rings. The second-order valence-corrected chi connectivity index (χ2v) is 2.70. The molecule has 0 spiro atoms. The molecule has 1 fully saturated rings. The van der Waals surface area contributed by atoms with Gasteiger partial charge < -0.3 is 10.6 Å². The molecule has 3 heteroatoms. The summed E-state index contributed by atoms with van der Waals surface area (Å²) in [5.74, 6) is 0.0150. The molecule has 0 radical (unpaired) electrons. The van der Waals surface area contributed by atoms with Crippen molar-refractivity contribution in [1.29, 1.82) is 0 Å². The van der Waals surface area contributed by atoms with E-state index in [1.54, 1.807) is 12.2 Å². The zero-order valence-electron chi connectivity index (χ0n) is 6.76. The molecule has 1 rings (SSSR count). The van der Waals surface area contributed by atoms with E-state index >= 15 is 0 Å². The molecule has 0 aromatic heterocycles. The van der Waals surface area contributed by atoms with E-state index in [-0.39, 0.29) is 5.91 Å². The van der Waals surface area contributed by atoms with Crippen LogP contribution in [-0.4, -0.2) is 25.0 Å². The molecule has 0 aliphatic carbocycles. The second kappa shape index (κ2) is 4.13. The van der Waals surface area contributed by atoms with Crippen molar-refractivity contribution in [3.05, 3.63) is 12.2 Å². The fraction of sp³-hybridized carbons (Fsp3) is 0.625. The summed E-state index contributed by atoms with van der Waals surface area (Å²) in [6.07, 6.45) is 4.35. The highest BCUT2D eigenvalue weighted by Crippen LogP contribution is 1.96. The van der Waals surface area contributed by atoms with Crippen molar-refractivity contribution in [3.8, 4) is 0 Å². The number of amides is 1. The largest absolute Gasteiger partial charge is 0.349 e. The molecule has 1 aliphatic heterocycles. The van der Waals surface area contributed by atoms with Gasteiger partial charge in [0.25, 0.3) is 0 Å². The van der Waals surface area contributed by atoms with Gasteiger partial charge in [0.1, 0.15) is 0 Å². The van der Waals surface area contributed by atoms with Gasteiger partial charge in [-0.1, -0.05) is 6.08 Å². The molecule has 2 N–H and O–H groups in total. The third-order valence-corrected chi connectivity index (χ3v) is 1.72. The smallest absolute Gasteiger partial charge is 0.243 e. The summed E-state index contributed by atoms with van der Waals surface area (Å²) in [5.41, 5.74) is 0. The van der Waals surface area contributed by atoms with Crippen LogP contribution < -0.4 is 10.6 Å². The summed E-state index contributed by atoms with van der Waals surface area (Å²) in [6.45, 7) is 3.76. The number of carbonyl (C=O) groups is 1. The molecule has 62 valence electrons. The first-order valence-electron chi connectivity index (χ1n) is 3.97. The Labute approximate surface area is 66.9 Å². The summed E-state index contributed by atoms with van der Waals surface area (Å²) < 4.78 is 0. The fourth-order valence-corrected chi connectivity index (χ4v) is 1.18. The van der Waals surface area contributed by atoms with Crippen LogP contribution in [0.3, 0.4) is 0 Å². The number of carbonyl (C=O) groups excluding carboxylic acids is 1. The van der Waals surface area contributed by atoms with Crippen LogP contribution in [-0.2, 0) is 4.79 Å². The Morgan fingerprint density at radius 3 is 3.09 bits per heavy atom. The average molecular weight is 154 g/mol. The van der Waals surface area contributed by atoms with Crippen LogP contribution in [0.1, 0.15) is 13.3 Å². The van der Waals surface area contributed by atoms with Crippen molar-refractivity contribution >= 4 is 5.91 Å². The molecular weight excluding hydrogens is 140 g/mol. The Hall–Kier alpha value is -0.830. The van der Waals surface area contributed by atoms with E-state index in [1.165, 1.54) is 0 Å². The minimum Gasteiger partial charge on any atom is -0.349 e. The molecule has 1 heterocycles. The summed E-state index contributed by atoms with van der Waals surface area (Å²) in [7, 11) is 0. The molecule has 0 bridgehead atoms. The number of rotatable bonds is 2. The third kappa shape index (κ3) is 2.72. The SMILES string of the molecule is CC=CC(=O)N[C@@H]1CCNC1. The number of allylic oxidation sites excluding steroid dienone is 1. The van der Waals surface area contributed by atoms with Gasteiger partial charge in [-0.15, -0.1) is 0 Å². The highest BCUT2D eigenvalue weighted by atomic mass is 16.1. The molecule has 1 amide bonds. The minimum absolute atomic E-state index is 0.0150. The van der Waals surface area contributed by atoms with Gasteiger partial charge >= 0.3 is 0 Å². The van der Waals surface area contributed by atoms with E-state index in [2.05, 4.69) is 10.6 Å². The Balaban J connectivity index is 2.23. The Morgan fingerprint density at radius 2 is 2.55 bits per heavy atom. The maximum absolute atomic E-state index is 11.0. The van der Waals surface area contributed by atoms with Gasteiger partial charge in [-0.3, -0.25) is 4.79 Å². The summed E-state index contributed by atoms with van der Waals surface area (Å²) >= 11 is 0. The predicted molar refractivity (Wildman–Crippen MR) is 44.2 cm³/mol. The van der Waals surface area contributed by atoms with Gasteiger partial charge in [-0.2, -0.15) is 0 Å². The first-order valence-corrected chi connectivity index (χ1v) is 3.97. The number of hydrogen-bond acceptors (Lipinski definition) is 2. The fourth-order valence-electron chi connectivity index (χ4n) is 1.18. The Morgan fingerprint density at radius 1 is 1.73 bits per heavy atom. The van der Waals surface area contributed by atoms with Crippen LogP contribution in [0.2, 0.25) is 0 Å². The topological polar surface area (TPSA) is 41.1 Å². The molecule has 0 saturated carbocycles. The monoisotopic (exact) mass is 154 g/mol. The molecule has 1 saturated heterocycles. The lowest BCUT2D eigenvalue weighted by Crippen LogP contribution is -2.34. The van der Waals surface area contributed by atoms with Crippen molar-refractivity contribution in [1.82, 2.24) is 10.6 Å². The minimum atomic E-state index is 0.0150. The van der Waals surface area contributed by atoms with Crippen molar-refractivity contribution < 1.29 is 4.79 Å². The predicted octanol–water partition coefficient (Wildman–Crippen LogP) is 0.0406. The van der Waals surface area contributed by atoms with Gasteiger partial charge in [-0.05, 0) is 26.0 Å². The number of nitrogens with one attached hydrogen (secondary N) is 2. The lowest BCUT2D eigenvalue weighted by Gasteiger charge is -2.07. The van der Waals surface area contributed by atoms with Crippen LogP contribution in [0.4, 0.5) is 0 Å². The van der Waals surface area contributed by atoms with Gasteiger partial charge in [0, 0.05) is 12.6 Å². The standard InChI is InChI=1S/C8H14N2O/c1-2-3-8(11)10-7-4-5-9-6-7/h2-3,7,9H,4-6H2,1H3,(H,10,11)/t7-/m1/s1. The van der Waals surface area contributed by atoms with Crippen LogP contribution in [0.25, 0.3) is 0 Å². The van der Waals surface area contributed by atoms with Crippen molar-refractivity contribution in [2.75, 3.05) is 13.1 Å². The van der Waals surface area contributed by atoms with Crippen molar-refractivity contribution in [2.45, 2.75) is 19.4 Å². The van der Waals surface area contributed by atoms with Gasteiger partial charge in [0.15, 0.2) is 0 Å². The highest BCUT2D eigenvalue weighted by Gasteiger charge is 2.14. The first kappa shape index (κ1) is 8.27. The Kier molecular flexibility index (Phi) is 3.11. The van der Waals surface area contributed by atoms with E-state index in [4.69, 9.17) is 0 Å². The van der Waals surface area contributed by atoms with Crippen molar-refractivity contribution in [3.63, 3.8) is 0 Å². The van der Waals surface area contributed by atoms with E-state index in [0.29, 0.717) is 6.04 Å². The zero-order valence-corrected chi connectivity index (χ0v) is 6.76. The molecule has 11 heavy (non-hydrogen) atoms. The molecule has 0 aromatic carbocycles. The molecule has 1 atom stereocenters. The molecule has 0 unspecified atom stereocenters. The van der Waals surface area contributed by atoms with Crippen LogP contribution >= 0.6 is 0 Å². The third-order valence-electron chi connectivity index (χ3n) is 1.72. The number of hydrogen-bond donors (Lipinski definition) is 2. The average Bonchev–Trinajstić information content (AvgIpc) is 2.40. The maximum Gasteiger partial charge on any atom is 0.243 e. The lowest BCUT2D eigenvalue weighted by molar-refractivity contribution is -0.117. The van der Waals surface area contributed by atoms with Gasteiger partial charge in [0.05, 0.1) is 0 Å². The molecule has 3 nitrogen and oxygen atoms in total. The molecular formula is C8H14N2O. The van der Waals surface area contributed by atoms with Crippen LogP contribution in [0.5, 0.6) is 0 Å². The summed E-state index contributed by atoms with van der Waals surface area (Å²) in [5, 5.41) is 6.07. The van der Waals surface area contributed by atoms with Gasteiger partial charge in [0.2, 0.25) is 5.91 Å².